The molecule has 2 aliphatic rings. The molecule has 0 radical (unpaired) electrons. The summed E-state index contributed by atoms with van der Waals surface area (Å²) in [7, 11) is 0. The van der Waals surface area contributed by atoms with Gasteiger partial charge in [-0.25, -0.2) is 4.79 Å². The van der Waals surface area contributed by atoms with Crippen molar-refractivity contribution in [3.05, 3.63) is 28.7 Å². The summed E-state index contributed by atoms with van der Waals surface area (Å²) in [5.74, 6) is 0.572. The Morgan fingerprint density at radius 2 is 2.09 bits per heavy atom. The topological polar surface area (TPSA) is 32.8 Å². The second kappa shape index (κ2) is 6.90. The largest absolute Gasteiger partial charge is 0.449 e. The van der Waals surface area contributed by atoms with Crippen LogP contribution in [-0.4, -0.2) is 43.3 Å². The first-order chi connectivity index (χ1) is 10.7. The minimum Gasteiger partial charge on any atom is -0.449 e. The molecule has 0 bridgehead atoms. The summed E-state index contributed by atoms with van der Waals surface area (Å²) in [6, 6.07) is 8.88. The Labute approximate surface area is 140 Å². The van der Waals surface area contributed by atoms with Gasteiger partial charge in [0, 0.05) is 35.7 Å². The number of benzene rings is 1. The molecule has 0 aromatic heterocycles. The molecule has 1 aromatic rings. The van der Waals surface area contributed by atoms with Crippen molar-refractivity contribution in [2.45, 2.75) is 32.2 Å². The highest BCUT2D eigenvalue weighted by molar-refractivity contribution is 9.10. The smallest absolute Gasteiger partial charge is 0.409 e. The zero-order valence-electron chi connectivity index (χ0n) is 13.0. The fourth-order valence-corrected chi connectivity index (χ4v) is 3.72. The van der Waals surface area contributed by atoms with Crippen LogP contribution in [0.5, 0.6) is 0 Å². The van der Waals surface area contributed by atoms with Gasteiger partial charge >= 0.3 is 6.09 Å². The lowest BCUT2D eigenvalue weighted by molar-refractivity contribution is 0.107. The predicted octanol–water partition coefficient (Wildman–Crippen LogP) is 3.90. The third-order valence-corrected chi connectivity index (χ3v) is 5.22. The molecule has 2 saturated heterocycles. The SMILES string of the molecule is CCCCOC(=O)N1CC2CCN(c3ccc(Br)cc3)C2C1. The summed E-state index contributed by atoms with van der Waals surface area (Å²) in [6.07, 6.45) is 3.01. The molecule has 1 amide bonds. The number of amides is 1. The molecule has 0 aliphatic carbocycles. The van der Waals surface area contributed by atoms with Gasteiger partial charge in [0.15, 0.2) is 0 Å². The molecule has 0 saturated carbocycles. The number of anilines is 1. The van der Waals surface area contributed by atoms with Gasteiger partial charge in [-0.3, -0.25) is 0 Å². The van der Waals surface area contributed by atoms with Gasteiger partial charge in [0.2, 0.25) is 0 Å². The average molecular weight is 367 g/mol. The lowest BCUT2D eigenvalue weighted by Gasteiger charge is -2.26. The number of nitrogens with zero attached hydrogens (tertiary/aromatic N) is 2. The number of halogens is 1. The highest BCUT2D eigenvalue weighted by Gasteiger charge is 2.43. The highest BCUT2D eigenvalue weighted by atomic mass is 79.9. The number of hydrogen-bond acceptors (Lipinski definition) is 3. The monoisotopic (exact) mass is 366 g/mol. The highest BCUT2D eigenvalue weighted by Crippen LogP contribution is 2.35. The molecule has 1 aromatic carbocycles. The van der Waals surface area contributed by atoms with Crippen molar-refractivity contribution < 1.29 is 9.53 Å². The Morgan fingerprint density at radius 3 is 2.82 bits per heavy atom. The Balaban J connectivity index is 1.61. The molecule has 0 spiro atoms. The lowest BCUT2D eigenvalue weighted by atomic mass is 10.1. The van der Waals surface area contributed by atoms with Crippen LogP contribution in [0.2, 0.25) is 0 Å². The van der Waals surface area contributed by atoms with Crippen LogP contribution in [0, 0.1) is 5.92 Å². The molecular formula is C17H23BrN2O2. The molecular weight excluding hydrogens is 344 g/mol. The molecule has 3 rings (SSSR count). The maximum absolute atomic E-state index is 12.1. The van der Waals surface area contributed by atoms with Crippen LogP contribution in [0.25, 0.3) is 0 Å². The van der Waals surface area contributed by atoms with E-state index < -0.39 is 0 Å². The van der Waals surface area contributed by atoms with Crippen LogP contribution in [-0.2, 0) is 4.74 Å². The van der Waals surface area contributed by atoms with E-state index in [0.717, 1.165) is 43.4 Å². The van der Waals surface area contributed by atoms with Crippen molar-refractivity contribution in [2.75, 3.05) is 31.1 Å². The van der Waals surface area contributed by atoms with Crippen LogP contribution < -0.4 is 4.90 Å². The van der Waals surface area contributed by atoms with Crippen molar-refractivity contribution in [3.8, 4) is 0 Å². The quantitative estimate of drug-likeness (QED) is 0.757. The Bertz CT molecular complexity index is 520. The number of unbranched alkanes of at least 4 members (excludes halogenated alkanes) is 1. The third kappa shape index (κ3) is 3.24. The fourth-order valence-electron chi connectivity index (χ4n) is 3.46. The van der Waals surface area contributed by atoms with Gasteiger partial charge in [-0.15, -0.1) is 0 Å². The molecule has 120 valence electrons. The van der Waals surface area contributed by atoms with Crippen molar-refractivity contribution in [1.82, 2.24) is 4.90 Å². The van der Waals surface area contributed by atoms with Crippen LogP contribution in [0.3, 0.4) is 0 Å². The van der Waals surface area contributed by atoms with E-state index in [2.05, 4.69) is 52.0 Å². The molecule has 2 heterocycles. The Kier molecular flexibility index (Phi) is 4.91. The molecule has 4 nitrogen and oxygen atoms in total. The maximum Gasteiger partial charge on any atom is 0.409 e. The molecule has 2 fully saturated rings. The van der Waals surface area contributed by atoms with E-state index in [1.54, 1.807) is 0 Å². The number of likely N-dealkylation sites (tertiary alicyclic amines) is 1. The van der Waals surface area contributed by atoms with Crippen molar-refractivity contribution in [2.24, 2.45) is 5.92 Å². The second-order valence-corrected chi connectivity index (χ2v) is 7.07. The number of hydrogen-bond donors (Lipinski definition) is 0. The number of fused-ring (bicyclic) bond motifs is 1. The van der Waals surface area contributed by atoms with Gasteiger partial charge in [0.05, 0.1) is 12.6 Å². The first-order valence-corrected chi connectivity index (χ1v) is 8.92. The third-order valence-electron chi connectivity index (χ3n) is 4.69. The van der Waals surface area contributed by atoms with Crippen LogP contribution in [0.15, 0.2) is 28.7 Å². The van der Waals surface area contributed by atoms with Crippen molar-refractivity contribution in [3.63, 3.8) is 0 Å². The van der Waals surface area contributed by atoms with Crippen molar-refractivity contribution >= 4 is 27.7 Å². The molecule has 0 N–H and O–H groups in total. The maximum atomic E-state index is 12.1. The molecule has 2 unspecified atom stereocenters. The first-order valence-electron chi connectivity index (χ1n) is 8.13. The minimum atomic E-state index is -0.140. The zero-order valence-corrected chi connectivity index (χ0v) is 14.6. The zero-order chi connectivity index (χ0) is 15.5. The van der Waals surface area contributed by atoms with E-state index in [9.17, 15) is 4.79 Å². The minimum absolute atomic E-state index is 0.140. The summed E-state index contributed by atoms with van der Waals surface area (Å²) in [5, 5.41) is 0. The first kappa shape index (κ1) is 15.7. The summed E-state index contributed by atoms with van der Waals surface area (Å²) in [5.41, 5.74) is 1.25. The van der Waals surface area contributed by atoms with E-state index in [0.29, 0.717) is 18.6 Å². The lowest BCUT2D eigenvalue weighted by Crippen LogP contribution is -2.37. The average Bonchev–Trinajstić information content (AvgIpc) is 3.09. The molecule has 22 heavy (non-hydrogen) atoms. The summed E-state index contributed by atoms with van der Waals surface area (Å²) in [6.45, 7) is 5.34. The molecule has 2 atom stereocenters. The number of ether oxygens (including phenoxy) is 1. The van der Waals surface area contributed by atoms with E-state index in [1.165, 1.54) is 5.69 Å². The normalized spacial score (nSPS) is 23.7. The summed E-state index contributed by atoms with van der Waals surface area (Å²) >= 11 is 3.48. The van der Waals surface area contributed by atoms with E-state index in [1.807, 2.05) is 4.90 Å². The van der Waals surface area contributed by atoms with Gasteiger partial charge in [-0.1, -0.05) is 29.3 Å². The summed E-state index contributed by atoms with van der Waals surface area (Å²) < 4.78 is 6.45. The number of carbonyl (C=O) groups is 1. The second-order valence-electron chi connectivity index (χ2n) is 6.16. The number of carbonyl (C=O) groups excluding carboxylic acids is 1. The molecule has 5 heteroatoms. The van der Waals surface area contributed by atoms with Gasteiger partial charge in [-0.05, 0) is 37.1 Å². The van der Waals surface area contributed by atoms with Gasteiger partial charge in [0.1, 0.15) is 0 Å². The Hall–Kier alpha value is -1.23. The molecule has 2 aliphatic heterocycles. The Morgan fingerprint density at radius 1 is 1.32 bits per heavy atom. The number of rotatable bonds is 4. The standard InChI is InChI=1S/C17H23BrN2O2/c1-2-3-10-22-17(21)19-11-13-8-9-20(16(13)12-19)15-6-4-14(18)5-7-15/h4-7,13,16H,2-3,8-12H2,1H3. The van der Waals surface area contributed by atoms with Gasteiger partial charge in [0.25, 0.3) is 0 Å². The van der Waals surface area contributed by atoms with E-state index >= 15 is 0 Å². The van der Waals surface area contributed by atoms with E-state index in [-0.39, 0.29) is 6.09 Å². The van der Waals surface area contributed by atoms with Crippen molar-refractivity contribution in [1.29, 1.82) is 0 Å². The van der Waals surface area contributed by atoms with Crippen LogP contribution >= 0.6 is 15.9 Å². The van der Waals surface area contributed by atoms with Crippen LogP contribution in [0.4, 0.5) is 10.5 Å². The van der Waals surface area contributed by atoms with Gasteiger partial charge in [-0.2, -0.15) is 0 Å². The fraction of sp³-hybridized carbons (Fsp3) is 0.588. The van der Waals surface area contributed by atoms with E-state index in [4.69, 9.17) is 4.74 Å². The summed E-state index contributed by atoms with van der Waals surface area (Å²) in [4.78, 5) is 16.4. The van der Waals surface area contributed by atoms with Gasteiger partial charge < -0.3 is 14.5 Å². The predicted molar refractivity (Wildman–Crippen MR) is 91.2 cm³/mol. The van der Waals surface area contributed by atoms with Crippen LogP contribution in [0.1, 0.15) is 26.2 Å².